The maximum absolute atomic E-state index is 14.0. The quantitative estimate of drug-likeness (QED) is 0.169. The molecule has 0 bridgehead atoms. The molecule has 42 heavy (non-hydrogen) atoms. The Labute approximate surface area is 249 Å². The maximum Gasteiger partial charge on any atom is 0.123 e. The number of piperidine rings is 1. The van der Waals surface area contributed by atoms with Gasteiger partial charge in [-0.15, -0.1) is 0 Å². The third kappa shape index (κ3) is 6.49. The van der Waals surface area contributed by atoms with Crippen LogP contribution in [0, 0.1) is 18.7 Å². The van der Waals surface area contributed by atoms with Crippen LogP contribution in [0.25, 0.3) is 22.2 Å². The van der Waals surface area contributed by atoms with Crippen molar-refractivity contribution < 1.29 is 8.78 Å². The van der Waals surface area contributed by atoms with Crippen molar-refractivity contribution in [2.24, 2.45) is 13.0 Å². The molecular formula is C36H42F2N4. The second-order valence-corrected chi connectivity index (χ2v) is 11.4. The van der Waals surface area contributed by atoms with Crippen molar-refractivity contribution in [1.29, 1.82) is 0 Å². The van der Waals surface area contributed by atoms with Gasteiger partial charge in [-0.2, -0.15) is 5.10 Å². The van der Waals surface area contributed by atoms with Gasteiger partial charge in [0.15, 0.2) is 0 Å². The molecule has 1 aromatic heterocycles. The number of nitrogens with zero attached hydrogens (tertiary/aromatic N) is 4. The van der Waals surface area contributed by atoms with Crippen molar-refractivity contribution in [3.8, 4) is 11.3 Å². The molecule has 0 saturated carbocycles. The number of para-hydroxylation sites is 2. The van der Waals surface area contributed by atoms with Crippen LogP contribution in [0.5, 0.6) is 0 Å². The van der Waals surface area contributed by atoms with Crippen molar-refractivity contribution in [3.05, 3.63) is 108 Å². The third-order valence-electron chi connectivity index (χ3n) is 8.41. The van der Waals surface area contributed by atoms with E-state index in [0.29, 0.717) is 18.9 Å². The standard InChI is InChI=1S/C36H42F2N4/c1-5-10-34(42(24-26(2)17-20-37)33-16-7-6-11-27(33)3)28-18-21-41(22-19-28)25-30-13-9-15-32-35(39-40(4)36(30)32)29-12-8-14-31(38)23-29/h6-16,23,28H,2,5,17-22,24-25H2,1,3-4H3/b34-10+. The van der Waals surface area contributed by atoms with Gasteiger partial charge in [-0.05, 0) is 75.0 Å². The molecule has 0 radical (unpaired) electrons. The first-order valence-electron chi connectivity index (χ1n) is 15.1. The molecule has 4 nitrogen and oxygen atoms in total. The fourth-order valence-corrected chi connectivity index (χ4v) is 6.35. The van der Waals surface area contributed by atoms with Gasteiger partial charge in [0.2, 0.25) is 0 Å². The Bertz CT molecular complexity index is 1560. The lowest BCUT2D eigenvalue weighted by Gasteiger charge is -2.39. The van der Waals surface area contributed by atoms with Crippen LogP contribution in [-0.4, -0.2) is 41.0 Å². The van der Waals surface area contributed by atoms with Gasteiger partial charge in [0.25, 0.3) is 0 Å². The Morgan fingerprint density at radius 1 is 1.07 bits per heavy atom. The highest BCUT2D eigenvalue weighted by molar-refractivity contribution is 5.95. The van der Waals surface area contributed by atoms with Gasteiger partial charge < -0.3 is 4.90 Å². The molecule has 1 fully saturated rings. The van der Waals surface area contributed by atoms with Crippen LogP contribution in [-0.2, 0) is 13.6 Å². The summed E-state index contributed by atoms with van der Waals surface area (Å²) >= 11 is 0. The maximum atomic E-state index is 14.0. The van der Waals surface area contributed by atoms with Crippen LogP contribution in [0.3, 0.4) is 0 Å². The van der Waals surface area contributed by atoms with E-state index < -0.39 is 0 Å². The van der Waals surface area contributed by atoms with Crippen LogP contribution in [0.2, 0.25) is 0 Å². The van der Waals surface area contributed by atoms with Gasteiger partial charge in [0.1, 0.15) is 11.5 Å². The average molecular weight is 569 g/mol. The van der Waals surface area contributed by atoms with Gasteiger partial charge >= 0.3 is 0 Å². The molecule has 220 valence electrons. The summed E-state index contributed by atoms with van der Waals surface area (Å²) in [6.07, 6.45) is 5.81. The van der Waals surface area contributed by atoms with E-state index in [1.54, 1.807) is 12.1 Å². The molecule has 0 amide bonds. The zero-order valence-electron chi connectivity index (χ0n) is 25.1. The van der Waals surface area contributed by atoms with Crippen molar-refractivity contribution >= 4 is 16.6 Å². The first-order chi connectivity index (χ1) is 20.4. The summed E-state index contributed by atoms with van der Waals surface area (Å²) in [5.74, 6) is 0.167. The molecule has 0 atom stereocenters. The number of benzene rings is 3. The van der Waals surface area contributed by atoms with E-state index in [9.17, 15) is 8.78 Å². The predicted octanol–water partition coefficient (Wildman–Crippen LogP) is 8.62. The summed E-state index contributed by atoms with van der Waals surface area (Å²) in [4.78, 5) is 4.92. The number of fused-ring (bicyclic) bond motifs is 1. The molecule has 0 N–H and O–H groups in total. The Kier molecular flexibility index (Phi) is 9.53. The van der Waals surface area contributed by atoms with Gasteiger partial charge in [-0.25, -0.2) is 4.39 Å². The number of likely N-dealkylation sites (tertiary alicyclic amines) is 1. The first kappa shape index (κ1) is 29.7. The number of rotatable bonds is 11. The third-order valence-corrected chi connectivity index (χ3v) is 8.41. The van der Waals surface area contributed by atoms with Gasteiger partial charge in [-0.1, -0.05) is 73.7 Å². The molecule has 2 heterocycles. The Hall–Kier alpha value is -3.77. The average Bonchev–Trinajstić information content (AvgIpc) is 3.33. The normalized spacial score (nSPS) is 14.9. The van der Waals surface area contributed by atoms with E-state index in [2.05, 4.69) is 78.8 Å². The summed E-state index contributed by atoms with van der Waals surface area (Å²) < 4.78 is 29.1. The van der Waals surface area contributed by atoms with E-state index >= 15 is 0 Å². The minimum atomic E-state index is -0.376. The second kappa shape index (κ2) is 13.5. The minimum absolute atomic E-state index is 0.255. The van der Waals surface area contributed by atoms with Crippen LogP contribution in [0.15, 0.2) is 90.7 Å². The zero-order valence-corrected chi connectivity index (χ0v) is 25.1. The lowest BCUT2D eigenvalue weighted by atomic mass is 9.90. The van der Waals surface area contributed by atoms with E-state index in [1.807, 2.05) is 17.8 Å². The van der Waals surface area contributed by atoms with Crippen LogP contribution in [0.1, 0.15) is 43.7 Å². The molecule has 1 aliphatic heterocycles. The van der Waals surface area contributed by atoms with Crippen LogP contribution >= 0.6 is 0 Å². The van der Waals surface area contributed by atoms with E-state index in [0.717, 1.165) is 66.6 Å². The number of hydrogen-bond acceptors (Lipinski definition) is 3. The number of alkyl halides is 1. The number of halogens is 2. The number of anilines is 1. The zero-order chi connectivity index (χ0) is 29.6. The van der Waals surface area contributed by atoms with Gasteiger partial charge in [0.05, 0.1) is 12.2 Å². The fraction of sp³-hybridized carbons (Fsp3) is 0.361. The number of allylic oxidation sites excluding steroid dienone is 2. The van der Waals surface area contributed by atoms with Gasteiger partial charge in [-0.3, -0.25) is 14.0 Å². The van der Waals surface area contributed by atoms with E-state index in [-0.39, 0.29) is 12.5 Å². The highest BCUT2D eigenvalue weighted by Gasteiger charge is 2.27. The van der Waals surface area contributed by atoms with Crippen molar-refractivity contribution in [1.82, 2.24) is 14.7 Å². The molecule has 3 aromatic carbocycles. The molecule has 0 aliphatic carbocycles. The summed E-state index contributed by atoms with van der Waals surface area (Å²) in [6, 6.07) is 21.5. The monoisotopic (exact) mass is 568 g/mol. The first-order valence-corrected chi connectivity index (χ1v) is 15.1. The number of aromatic nitrogens is 2. The van der Waals surface area contributed by atoms with Crippen LogP contribution in [0.4, 0.5) is 14.5 Å². The minimum Gasteiger partial charge on any atom is -0.341 e. The highest BCUT2D eigenvalue weighted by atomic mass is 19.1. The summed E-state index contributed by atoms with van der Waals surface area (Å²) in [7, 11) is 1.97. The molecule has 1 saturated heterocycles. The number of aryl methyl sites for hydroxylation is 2. The topological polar surface area (TPSA) is 24.3 Å². The summed E-state index contributed by atoms with van der Waals surface area (Å²) in [6.45, 7) is 11.6. The predicted molar refractivity (Wildman–Crippen MR) is 171 cm³/mol. The molecule has 6 heteroatoms. The SMILES string of the molecule is C=C(CCF)CN(/C(=C/CC)C1CCN(Cc2cccc3c(-c4cccc(F)c4)nn(C)c23)CC1)c1ccccc1C. The molecule has 0 unspecified atom stereocenters. The Balaban J connectivity index is 1.35. The lowest BCUT2D eigenvalue weighted by Crippen LogP contribution is -2.38. The Morgan fingerprint density at radius 2 is 1.83 bits per heavy atom. The fourth-order valence-electron chi connectivity index (χ4n) is 6.35. The Morgan fingerprint density at radius 3 is 2.55 bits per heavy atom. The summed E-state index contributed by atoms with van der Waals surface area (Å²) in [5.41, 5.74) is 8.58. The van der Waals surface area contributed by atoms with E-state index in [1.165, 1.54) is 28.6 Å². The smallest absolute Gasteiger partial charge is 0.123 e. The van der Waals surface area contributed by atoms with Crippen molar-refractivity contribution in [2.75, 3.05) is 31.2 Å². The largest absolute Gasteiger partial charge is 0.341 e. The second-order valence-electron chi connectivity index (χ2n) is 11.4. The molecule has 1 aliphatic rings. The highest BCUT2D eigenvalue weighted by Crippen LogP contribution is 2.35. The number of hydrogen-bond donors (Lipinski definition) is 0. The van der Waals surface area contributed by atoms with E-state index in [4.69, 9.17) is 5.10 Å². The summed E-state index contributed by atoms with van der Waals surface area (Å²) in [5, 5.41) is 5.84. The molecule has 0 spiro atoms. The van der Waals surface area contributed by atoms with Crippen molar-refractivity contribution in [2.45, 2.75) is 46.1 Å². The molecule has 5 rings (SSSR count). The molecular weight excluding hydrogens is 526 g/mol. The molecule has 4 aromatic rings. The van der Waals surface area contributed by atoms with Crippen molar-refractivity contribution in [3.63, 3.8) is 0 Å². The lowest BCUT2D eigenvalue weighted by molar-refractivity contribution is 0.190. The van der Waals surface area contributed by atoms with Crippen LogP contribution < -0.4 is 4.90 Å². The van der Waals surface area contributed by atoms with Gasteiger partial charge in [0, 0.05) is 48.4 Å².